The number of carbonyl (C=O) groups excluding carboxylic acids is 2. The van der Waals surface area contributed by atoms with E-state index in [1.54, 1.807) is 95.6 Å². The third kappa shape index (κ3) is 8.54. The highest BCUT2D eigenvalue weighted by Crippen LogP contribution is 2.28. The average molecular weight is 639 g/mol. The third-order valence-corrected chi connectivity index (χ3v) is 9.55. The van der Waals surface area contributed by atoms with Gasteiger partial charge >= 0.3 is 0 Å². The lowest BCUT2D eigenvalue weighted by atomic mass is 9.86. The molecule has 9 heteroatoms. The molecule has 0 aliphatic heterocycles. The van der Waals surface area contributed by atoms with Gasteiger partial charge in [0.1, 0.15) is 6.10 Å². The van der Waals surface area contributed by atoms with Crippen molar-refractivity contribution in [1.29, 1.82) is 0 Å². The van der Waals surface area contributed by atoms with Crippen LogP contribution in [-0.2, 0) is 5.60 Å². The lowest BCUT2D eigenvalue weighted by Gasteiger charge is -2.25. The Morgan fingerprint density at radius 3 is 1.36 bits per heavy atom. The van der Waals surface area contributed by atoms with Crippen LogP contribution in [0.1, 0.15) is 37.9 Å². The second-order valence-corrected chi connectivity index (χ2v) is 12.6. The topological polar surface area (TPSA) is 94.8 Å². The molecule has 0 radical (unpaired) electrons. The molecule has 0 aliphatic carbocycles. The summed E-state index contributed by atoms with van der Waals surface area (Å²) in [5.41, 5.74) is 0.0127. The van der Waals surface area contributed by atoms with Crippen LogP contribution in [0.4, 0.5) is 0 Å². The molecule has 0 amide bonds. The van der Waals surface area contributed by atoms with Crippen molar-refractivity contribution in [3.8, 4) is 0 Å². The first kappa shape index (κ1) is 34.0. The Morgan fingerprint density at radius 2 is 0.976 bits per heavy atom. The molecule has 5 nitrogen and oxygen atoms in total. The van der Waals surface area contributed by atoms with E-state index in [1.807, 2.05) is 73.6 Å². The number of carbonyl (C=O) groups is 2. The van der Waals surface area contributed by atoms with E-state index in [0.29, 0.717) is 22.3 Å². The summed E-state index contributed by atoms with van der Waals surface area (Å²) in [6.07, 6.45) is 6.77. The van der Waals surface area contributed by atoms with Crippen LogP contribution in [0.3, 0.4) is 0 Å². The van der Waals surface area contributed by atoms with Gasteiger partial charge in [0.2, 0.25) is 5.78 Å². The Morgan fingerprint density at radius 1 is 0.619 bits per heavy atom. The second kappa shape index (κ2) is 16.4. The zero-order chi connectivity index (χ0) is 30.7. The van der Waals surface area contributed by atoms with Gasteiger partial charge in [0.25, 0.3) is 0 Å². The van der Waals surface area contributed by atoms with Crippen molar-refractivity contribution in [2.24, 2.45) is 0 Å². The van der Waals surface area contributed by atoms with Crippen LogP contribution in [0.25, 0.3) is 0 Å². The normalized spacial score (nSPS) is 12.9. The van der Waals surface area contributed by atoms with Gasteiger partial charge in [0, 0.05) is 30.7 Å². The highest BCUT2D eigenvalue weighted by molar-refractivity contribution is 7.99. The maximum absolute atomic E-state index is 12.6. The van der Waals surface area contributed by atoms with E-state index in [2.05, 4.69) is 0 Å². The molecule has 4 rings (SSSR count). The molecular formula is C33H34O5S4. The van der Waals surface area contributed by atoms with E-state index in [-0.39, 0.29) is 5.78 Å². The smallest absolute Gasteiger partial charge is 0.201 e. The zero-order valence-electron chi connectivity index (χ0n) is 23.8. The van der Waals surface area contributed by atoms with E-state index in [1.165, 1.54) is 0 Å². The van der Waals surface area contributed by atoms with Crippen molar-refractivity contribution >= 4 is 58.6 Å². The van der Waals surface area contributed by atoms with Gasteiger partial charge in [-0.15, -0.1) is 47.0 Å². The van der Waals surface area contributed by atoms with Crippen LogP contribution in [0.15, 0.2) is 117 Å². The molecule has 3 N–H and O–H groups in total. The Bertz CT molecular complexity index is 1440. The molecule has 0 fully saturated rings. The number of aliphatic hydroxyl groups excluding tert-OH is 2. The summed E-state index contributed by atoms with van der Waals surface area (Å²) >= 11 is 6.40. The molecule has 0 saturated carbocycles. The molecule has 0 heterocycles. The van der Waals surface area contributed by atoms with Gasteiger partial charge in [-0.25, -0.2) is 0 Å². The summed E-state index contributed by atoms with van der Waals surface area (Å²) in [5.74, 6) is -0.769. The van der Waals surface area contributed by atoms with Gasteiger partial charge in [0.05, 0.1) is 6.61 Å². The summed E-state index contributed by atoms with van der Waals surface area (Å²) < 4.78 is 0. The highest BCUT2D eigenvalue weighted by Gasteiger charge is 2.37. The van der Waals surface area contributed by atoms with Crippen molar-refractivity contribution < 1.29 is 24.9 Å². The molecule has 4 aromatic carbocycles. The van der Waals surface area contributed by atoms with Gasteiger partial charge in [0.15, 0.2) is 11.4 Å². The minimum atomic E-state index is -1.92. The van der Waals surface area contributed by atoms with E-state index >= 15 is 0 Å². The van der Waals surface area contributed by atoms with E-state index in [9.17, 15) is 24.9 Å². The Balaban J connectivity index is 0.000000231. The molecule has 42 heavy (non-hydrogen) atoms. The van der Waals surface area contributed by atoms with Gasteiger partial charge in [-0.05, 0) is 84.7 Å². The molecule has 0 saturated heterocycles. The number of aliphatic hydroxyl groups is 3. The van der Waals surface area contributed by atoms with Crippen molar-refractivity contribution in [2.45, 2.75) is 31.3 Å². The van der Waals surface area contributed by atoms with Crippen molar-refractivity contribution in [1.82, 2.24) is 0 Å². The largest absolute Gasteiger partial charge is 0.393 e. The predicted octanol–water partition coefficient (Wildman–Crippen LogP) is 7.24. The number of ketones is 2. The van der Waals surface area contributed by atoms with Gasteiger partial charge in [-0.3, -0.25) is 9.59 Å². The fourth-order valence-electron chi connectivity index (χ4n) is 3.99. The Kier molecular flexibility index (Phi) is 13.3. The van der Waals surface area contributed by atoms with Crippen LogP contribution in [0.2, 0.25) is 0 Å². The maximum Gasteiger partial charge on any atom is 0.201 e. The van der Waals surface area contributed by atoms with E-state index in [4.69, 9.17) is 0 Å². The first-order valence-electron chi connectivity index (χ1n) is 12.9. The van der Waals surface area contributed by atoms with Crippen LogP contribution in [-0.4, -0.2) is 58.5 Å². The summed E-state index contributed by atoms with van der Waals surface area (Å²) in [6.45, 7) is -0.658. The lowest BCUT2D eigenvalue weighted by molar-refractivity contribution is -0.00403. The molecule has 220 valence electrons. The number of Topliss-reactive ketones (excluding diaryl/α,β-unsaturated/α-hetero) is 2. The van der Waals surface area contributed by atoms with Crippen molar-refractivity contribution in [2.75, 3.05) is 31.6 Å². The first-order valence-corrected chi connectivity index (χ1v) is 17.8. The zero-order valence-corrected chi connectivity index (χ0v) is 27.1. The monoisotopic (exact) mass is 638 g/mol. The SMILES string of the molecule is CSc1ccc(C(=O)C(O)(CO)c2ccc(SC)cc2)cc1.CSc1ccc(C(=O)C(O)c2ccc(SC)cc2)cc1. The summed E-state index contributed by atoms with van der Waals surface area (Å²) in [7, 11) is 0. The van der Waals surface area contributed by atoms with Gasteiger partial charge < -0.3 is 15.3 Å². The number of thioether (sulfide) groups is 4. The third-order valence-electron chi connectivity index (χ3n) is 6.58. The Hall–Kier alpha value is -2.50. The second-order valence-electron chi connectivity index (χ2n) is 9.07. The summed E-state index contributed by atoms with van der Waals surface area (Å²) in [6, 6.07) is 28.7. The molecule has 4 aromatic rings. The quantitative estimate of drug-likeness (QED) is 0.116. The Labute approximate surface area is 264 Å². The van der Waals surface area contributed by atoms with Gasteiger partial charge in [-0.1, -0.05) is 48.5 Å². The fourth-order valence-corrected chi connectivity index (χ4v) is 5.63. The van der Waals surface area contributed by atoms with Crippen LogP contribution < -0.4 is 0 Å². The minimum absolute atomic E-state index is 0.269. The number of benzene rings is 4. The standard InChI is InChI=1S/C17H18O3S2.C16H16O2S2/c1-21-14-7-3-12(4-8-14)16(19)17(20,11-18)13-5-9-15(22-2)10-6-13;1-19-13-7-3-11(4-8-13)15(17)16(18)12-5-9-14(20-2)10-6-12/h3-10,18,20H,11H2,1-2H3;3-10,15,17H,1-2H3. The molecule has 2 atom stereocenters. The summed E-state index contributed by atoms with van der Waals surface area (Å²) in [5, 5.41) is 30.5. The van der Waals surface area contributed by atoms with Crippen LogP contribution in [0.5, 0.6) is 0 Å². The molecular weight excluding hydrogens is 605 g/mol. The number of hydrogen-bond donors (Lipinski definition) is 3. The lowest BCUT2D eigenvalue weighted by Crippen LogP contribution is -2.39. The van der Waals surface area contributed by atoms with Crippen LogP contribution in [0, 0.1) is 0 Å². The van der Waals surface area contributed by atoms with E-state index in [0.717, 1.165) is 19.6 Å². The molecule has 0 bridgehead atoms. The molecule has 0 aliphatic rings. The first-order chi connectivity index (χ1) is 20.2. The van der Waals surface area contributed by atoms with Crippen molar-refractivity contribution in [3.05, 3.63) is 119 Å². The molecule has 2 unspecified atom stereocenters. The minimum Gasteiger partial charge on any atom is -0.393 e. The maximum atomic E-state index is 12.6. The average Bonchev–Trinajstić information content (AvgIpc) is 3.07. The fraction of sp³-hybridized carbons (Fsp3) is 0.212. The number of rotatable bonds is 11. The highest BCUT2D eigenvalue weighted by atomic mass is 32.2. The van der Waals surface area contributed by atoms with Crippen LogP contribution >= 0.6 is 47.0 Å². The summed E-state index contributed by atoms with van der Waals surface area (Å²) in [4.78, 5) is 29.1. The predicted molar refractivity (Wildman–Crippen MR) is 177 cm³/mol. The van der Waals surface area contributed by atoms with Gasteiger partial charge in [-0.2, -0.15) is 0 Å². The molecule has 0 spiro atoms. The van der Waals surface area contributed by atoms with Crippen molar-refractivity contribution in [3.63, 3.8) is 0 Å². The van der Waals surface area contributed by atoms with E-state index < -0.39 is 24.1 Å². The molecule has 0 aromatic heterocycles. The number of hydrogen-bond acceptors (Lipinski definition) is 9.